The van der Waals surface area contributed by atoms with Crippen molar-refractivity contribution in [2.45, 2.75) is 90.9 Å². The molecular weight excluding hydrogens is 379 g/mol. The molecule has 2 rings (SSSR count). The van der Waals surface area contributed by atoms with Crippen molar-refractivity contribution < 1.29 is 13.5 Å². The van der Waals surface area contributed by atoms with Crippen LogP contribution >= 0.6 is 0 Å². The summed E-state index contributed by atoms with van der Waals surface area (Å²) in [7, 11) is 0. The van der Waals surface area contributed by atoms with E-state index in [0.29, 0.717) is 24.2 Å². The Kier molecular flexibility index (Phi) is 11.3. The van der Waals surface area contributed by atoms with Gasteiger partial charge in [0, 0.05) is 6.42 Å². The second-order valence-electron chi connectivity index (χ2n) is 7.98. The molecule has 0 aliphatic rings. The highest BCUT2D eigenvalue weighted by atomic mass is 19.1. The van der Waals surface area contributed by atoms with Crippen LogP contribution in [-0.2, 0) is 6.42 Å². The highest BCUT2D eigenvalue weighted by Gasteiger charge is 2.14. The van der Waals surface area contributed by atoms with Crippen LogP contribution < -0.4 is 10.4 Å². The van der Waals surface area contributed by atoms with Gasteiger partial charge in [-0.05, 0) is 50.1 Å². The summed E-state index contributed by atoms with van der Waals surface area (Å²) in [6.45, 7) is 4.66. The first-order chi connectivity index (χ1) is 14.7. The number of halogens is 1. The number of aryl methyl sites for hydroxylation is 1. The Morgan fingerprint density at radius 1 is 1.00 bits per heavy atom. The van der Waals surface area contributed by atoms with Crippen molar-refractivity contribution in [3.05, 3.63) is 52.3 Å². The first-order valence-corrected chi connectivity index (χ1v) is 11.7. The molecule has 0 aliphatic carbocycles. The standard InChI is InChI=1S/C26H37FO3/c1-3-5-7-9-10-11-12-13-14-16-22-20-21-17-18-23(29-19-15-8-6-4-2)25(27)24(21)26(28)30-22/h3,5,17-18,20H,4,6-16,19H2,1-2H3/b5-3+. The molecule has 0 amide bonds. The topological polar surface area (TPSA) is 39.4 Å². The van der Waals surface area contributed by atoms with E-state index >= 15 is 0 Å². The molecule has 30 heavy (non-hydrogen) atoms. The molecule has 0 radical (unpaired) electrons. The quantitative estimate of drug-likeness (QED) is 0.220. The van der Waals surface area contributed by atoms with Crippen LogP contribution in [0, 0.1) is 5.82 Å². The van der Waals surface area contributed by atoms with Gasteiger partial charge in [-0.25, -0.2) is 9.18 Å². The fraction of sp³-hybridized carbons (Fsp3) is 0.577. The maximum atomic E-state index is 14.8. The number of allylic oxidation sites excluding steroid dienone is 2. The minimum absolute atomic E-state index is 0.00839. The summed E-state index contributed by atoms with van der Waals surface area (Å²) in [5.41, 5.74) is -0.611. The van der Waals surface area contributed by atoms with Gasteiger partial charge in [0.05, 0.1) is 6.61 Å². The lowest BCUT2D eigenvalue weighted by atomic mass is 10.1. The number of unbranched alkanes of at least 4 members (excludes halogenated alkanes) is 9. The van der Waals surface area contributed by atoms with E-state index in [9.17, 15) is 9.18 Å². The maximum absolute atomic E-state index is 14.8. The van der Waals surface area contributed by atoms with E-state index in [4.69, 9.17) is 9.15 Å². The van der Waals surface area contributed by atoms with Crippen LogP contribution in [-0.4, -0.2) is 6.61 Å². The van der Waals surface area contributed by atoms with E-state index in [1.807, 2.05) is 0 Å². The fourth-order valence-corrected chi connectivity index (χ4v) is 3.65. The lowest BCUT2D eigenvalue weighted by Crippen LogP contribution is -2.07. The summed E-state index contributed by atoms with van der Waals surface area (Å²) in [4.78, 5) is 12.4. The molecule has 0 saturated carbocycles. The summed E-state index contributed by atoms with van der Waals surface area (Å²) in [5, 5.41) is 0.576. The minimum atomic E-state index is -0.611. The molecule has 0 unspecified atom stereocenters. The van der Waals surface area contributed by atoms with Crippen molar-refractivity contribution in [2.24, 2.45) is 0 Å². The van der Waals surface area contributed by atoms with E-state index < -0.39 is 11.4 Å². The van der Waals surface area contributed by atoms with E-state index in [1.54, 1.807) is 18.2 Å². The van der Waals surface area contributed by atoms with Crippen molar-refractivity contribution >= 4 is 10.8 Å². The molecule has 1 heterocycles. The average molecular weight is 417 g/mol. The Balaban J connectivity index is 1.85. The molecule has 0 bridgehead atoms. The smallest absolute Gasteiger partial charge is 0.346 e. The summed E-state index contributed by atoms with van der Waals surface area (Å²) in [6, 6.07) is 5.17. The normalized spacial score (nSPS) is 11.6. The van der Waals surface area contributed by atoms with Crippen molar-refractivity contribution in [3.63, 3.8) is 0 Å². The van der Waals surface area contributed by atoms with Crippen molar-refractivity contribution in [1.29, 1.82) is 0 Å². The molecule has 0 aliphatic heterocycles. The Hall–Kier alpha value is -2.10. The molecule has 1 aromatic heterocycles. The van der Waals surface area contributed by atoms with Crippen molar-refractivity contribution in [2.75, 3.05) is 6.61 Å². The van der Waals surface area contributed by atoms with Crippen LogP contribution in [0.4, 0.5) is 4.39 Å². The molecule has 166 valence electrons. The van der Waals surface area contributed by atoms with Crippen LogP contribution in [0.5, 0.6) is 5.75 Å². The van der Waals surface area contributed by atoms with E-state index in [-0.39, 0.29) is 11.1 Å². The Morgan fingerprint density at radius 3 is 2.50 bits per heavy atom. The number of hydrogen-bond donors (Lipinski definition) is 0. The van der Waals surface area contributed by atoms with Gasteiger partial charge in [-0.2, -0.15) is 0 Å². The van der Waals surface area contributed by atoms with Gasteiger partial charge in [-0.1, -0.05) is 70.1 Å². The van der Waals surface area contributed by atoms with Gasteiger partial charge >= 0.3 is 5.63 Å². The van der Waals surface area contributed by atoms with Crippen LogP contribution in [0.3, 0.4) is 0 Å². The zero-order chi connectivity index (χ0) is 21.6. The fourth-order valence-electron chi connectivity index (χ4n) is 3.65. The number of rotatable bonds is 15. The van der Waals surface area contributed by atoms with Crippen molar-refractivity contribution in [1.82, 2.24) is 0 Å². The van der Waals surface area contributed by atoms with Gasteiger partial charge in [0.25, 0.3) is 0 Å². The first kappa shape index (κ1) is 24.2. The maximum Gasteiger partial charge on any atom is 0.346 e. The highest BCUT2D eigenvalue weighted by molar-refractivity contribution is 5.83. The van der Waals surface area contributed by atoms with Gasteiger partial charge in [0.15, 0.2) is 11.6 Å². The van der Waals surface area contributed by atoms with Gasteiger partial charge in [-0.15, -0.1) is 0 Å². The lowest BCUT2D eigenvalue weighted by molar-refractivity contribution is 0.291. The molecule has 0 atom stereocenters. The number of ether oxygens (including phenoxy) is 1. The largest absolute Gasteiger partial charge is 0.490 e. The predicted octanol–water partition coefficient (Wildman–Crippen LogP) is 7.74. The van der Waals surface area contributed by atoms with Gasteiger partial charge < -0.3 is 9.15 Å². The Bertz CT molecular complexity index is 838. The monoisotopic (exact) mass is 416 g/mol. The highest BCUT2D eigenvalue weighted by Crippen LogP contribution is 2.25. The molecule has 4 heteroatoms. The SMILES string of the molecule is C/C=C/CCCCCCCCc1cc2ccc(OCCCCCC)c(F)c2c(=O)o1. The zero-order valence-corrected chi connectivity index (χ0v) is 18.7. The van der Waals surface area contributed by atoms with Crippen LogP contribution in [0.1, 0.15) is 90.2 Å². The van der Waals surface area contributed by atoms with Gasteiger partial charge in [0.1, 0.15) is 11.1 Å². The van der Waals surface area contributed by atoms with Crippen LogP contribution in [0.15, 0.2) is 39.6 Å². The van der Waals surface area contributed by atoms with Gasteiger partial charge in [-0.3, -0.25) is 0 Å². The average Bonchev–Trinajstić information content (AvgIpc) is 2.73. The van der Waals surface area contributed by atoms with E-state index in [2.05, 4.69) is 26.0 Å². The molecular formula is C26H37FO3. The molecule has 0 spiro atoms. The predicted molar refractivity (Wildman–Crippen MR) is 123 cm³/mol. The van der Waals surface area contributed by atoms with Crippen LogP contribution in [0.2, 0.25) is 0 Å². The summed E-state index contributed by atoms with van der Waals surface area (Å²) < 4.78 is 25.7. The summed E-state index contributed by atoms with van der Waals surface area (Å²) in [5.74, 6) is 0.155. The lowest BCUT2D eigenvalue weighted by Gasteiger charge is -2.09. The first-order valence-electron chi connectivity index (χ1n) is 11.7. The van der Waals surface area contributed by atoms with Gasteiger partial charge in [0.2, 0.25) is 0 Å². The number of hydrogen-bond acceptors (Lipinski definition) is 3. The molecule has 0 N–H and O–H groups in total. The molecule has 2 aromatic rings. The molecule has 0 fully saturated rings. The van der Waals surface area contributed by atoms with E-state index in [1.165, 1.54) is 32.1 Å². The summed E-state index contributed by atoms with van der Waals surface area (Å²) >= 11 is 0. The second-order valence-corrected chi connectivity index (χ2v) is 7.98. The molecule has 3 nitrogen and oxygen atoms in total. The molecule has 0 saturated heterocycles. The zero-order valence-electron chi connectivity index (χ0n) is 18.7. The van der Waals surface area contributed by atoms with Crippen molar-refractivity contribution in [3.8, 4) is 5.75 Å². The van der Waals surface area contributed by atoms with Crippen LogP contribution in [0.25, 0.3) is 10.8 Å². The number of fused-ring (bicyclic) bond motifs is 1. The Morgan fingerprint density at radius 2 is 1.73 bits per heavy atom. The third-order valence-corrected chi connectivity index (χ3v) is 5.42. The number of benzene rings is 1. The molecule has 1 aromatic carbocycles. The van der Waals surface area contributed by atoms with E-state index in [0.717, 1.165) is 38.5 Å². The minimum Gasteiger partial charge on any atom is -0.490 e. The third kappa shape index (κ3) is 7.97. The third-order valence-electron chi connectivity index (χ3n) is 5.42. The Labute approximate surface area is 180 Å². The second kappa shape index (κ2) is 14.0. The summed E-state index contributed by atoms with van der Waals surface area (Å²) in [6.07, 6.45) is 17.5.